The molecule has 0 radical (unpaired) electrons. The average Bonchev–Trinajstić information content (AvgIpc) is 3.05. The number of aromatic nitrogens is 2. The predicted molar refractivity (Wildman–Crippen MR) is 103 cm³/mol. The third-order valence-corrected chi connectivity index (χ3v) is 4.97. The fourth-order valence-corrected chi connectivity index (χ4v) is 3.38. The van der Waals surface area contributed by atoms with Gasteiger partial charge in [-0.2, -0.15) is 5.10 Å². The molecule has 0 spiro atoms. The smallest absolute Gasteiger partial charge is 0.230 e. The molecule has 1 unspecified atom stereocenters. The van der Waals surface area contributed by atoms with E-state index in [1.165, 1.54) is 6.92 Å². The van der Waals surface area contributed by atoms with Crippen molar-refractivity contribution in [2.75, 3.05) is 25.0 Å². The number of nitrogens with zero attached hydrogens (tertiary/aromatic N) is 3. The van der Waals surface area contributed by atoms with Crippen LogP contribution in [0.5, 0.6) is 0 Å². The van der Waals surface area contributed by atoms with Crippen molar-refractivity contribution in [1.82, 2.24) is 14.7 Å². The molecule has 1 saturated heterocycles. The second kappa shape index (κ2) is 8.54. The standard InChI is InChI=1S/C19H23ClN4O3/c1-13(26)23-8-2-3-15(12-23)19(27)21-18-11-17(22-24(18)9-10-25)14-4-6-16(20)7-5-14/h4-7,11,15,25H,2-3,8-10,12H2,1H3,(H,21,27). The molecular formula is C19H23ClN4O3. The van der Waals surface area contributed by atoms with Gasteiger partial charge < -0.3 is 15.3 Å². The minimum atomic E-state index is -0.251. The van der Waals surface area contributed by atoms with Crippen molar-refractivity contribution in [3.63, 3.8) is 0 Å². The summed E-state index contributed by atoms with van der Waals surface area (Å²) in [6.45, 7) is 2.83. The molecule has 0 aliphatic carbocycles. The lowest BCUT2D eigenvalue weighted by Crippen LogP contribution is -2.43. The number of benzene rings is 1. The molecule has 1 fully saturated rings. The second-order valence-electron chi connectivity index (χ2n) is 6.66. The van der Waals surface area contributed by atoms with Crippen molar-refractivity contribution in [3.8, 4) is 11.3 Å². The van der Waals surface area contributed by atoms with Crippen LogP contribution in [0, 0.1) is 5.92 Å². The Labute approximate surface area is 162 Å². The van der Waals surface area contributed by atoms with Crippen LogP contribution in [0.15, 0.2) is 30.3 Å². The van der Waals surface area contributed by atoms with Crippen molar-refractivity contribution >= 4 is 29.2 Å². The molecule has 2 N–H and O–H groups in total. The Balaban J connectivity index is 1.77. The molecule has 27 heavy (non-hydrogen) atoms. The number of amides is 2. The maximum absolute atomic E-state index is 12.7. The topological polar surface area (TPSA) is 87.5 Å². The summed E-state index contributed by atoms with van der Waals surface area (Å²) in [5.41, 5.74) is 1.55. The van der Waals surface area contributed by atoms with Gasteiger partial charge >= 0.3 is 0 Å². The van der Waals surface area contributed by atoms with Crippen LogP contribution < -0.4 is 5.32 Å². The lowest BCUT2D eigenvalue weighted by molar-refractivity contribution is -0.132. The summed E-state index contributed by atoms with van der Waals surface area (Å²) in [5, 5.41) is 17.3. The van der Waals surface area contributed by atoms with E-state index in [1.54, 1.807) is 27.8 Å². The molecular weight excluding hydrogens is 368 g/mol. The van der Waals surface area contributed by atoms with Crippen LogP contribution in [-0.2, 0) is 16.1 Å². The molecule has 8 heteroatoms. The molecule has 2 amide bonds. The number of aliphatic hydroxyl groups excluding tert-OH is 1. The maximum Gasteiger partial charge on any atom is 0.230 e. The van der Waals surface area contributed by atoms with Crippen molar-refractivity contribution in [3.05, 3.63) is 35.4 Å². The van der Waals surface area contributed by atoms with Crippen molar-refractivity contribution < 1.29 is 14.7 Å². The number of nitrogens with one attached hydrogen (secondary N) is 1. The monoisotopic (exact) mass is 390 g/mol. The third-order valence-electron chi connectivity index (χ3n) is 4.72. The minimum Gasteiger partial charge on any atom is -0.394 e. The van der Waals surface area contributed by atoms with Crippen LogP contribution in [0.4, 0.5) is 5.82 Å². The van der Waals surface area contributed by atoms with Crippen molar-refractivity contribution in [2.45, 2.75) is 26.3 Å². The number of likely N-dealkylation sites (tertiary alicyclic amines) is 1. The van der Waals surface area contributed by atoms with Gasteiger partial charge in [-0.25, -0.2) is 4.68 Å². The van der Waals surface area contributed by atoms with Gasteiger partial charge in [-0.3, -0.25) is 9.59 Å². The highest BCUT2D eigenvalue weighted by Gasteiger charge is 2.27. The molecule has 3 rings (SSSR count). The van der Waals surface area contributed by atoms with Crippen LogP contribution in [-0.4, -0.2) is 51.3 Å². The van der Waals surface area contributed by atoms with E-state index < -0.39 is 0 Å². The zero-order valence-electron chi connectivity index (χ0n) is 15.2. The summed E-state index contributed by atoms with van der Waals surface area (Å²) in [6, 6.07) is 9.04. The van der Waals surface area contributed by atoms with E-state index in [0.29, 0.717) is 29.6 Å². The molecule has 0 saturated carbocycles. The fourth-order valence-electron chi connectivity index (χ4n) is 3.25. The molecule has 1 aromatic heterocycles. The number of carbonyl (C=O) groups is 2. The summed E-state index contributed by atoms with van der Waals surface area (Å²) in [5.74, 6) is 0.128. The number of hydrogen-bond acceptors (Lipinski definition) is 4. The highest BCUT2D eigenvalue weighted by molar-refractivity contribution is 6.30. The first-order valence-electron chi connectivity index (χ1n) is 8.99. The number of hydrogen-bond donors (Lipinski definition) is 2. The second-order valence-corrected chi connectivity index (χ2v) is 7.10. The van der Waals surface area contributed by atoms with Gasteiger partial charge in [0.2, 0.25) is 11.8 Å². The summed E-state index contributed by atoms with van der Waals surface area (Å²) in [7, 11) is 0. The first kappa shape index (κ1) is 19.4. The van der Waals surface area contributed by atoms with Crippen molar-refractivity contribution in [1.29, 1.82) is 0 Å². The Morgan fingerprint density at radius 1 is 1.33 bits per heavy atom. The van der Waals surface area contributed by atoms with E-state index in [9.17, 15) is 14.7 Å². The number of halogens is 1. The number of carbonyl (C=O) groups excluding carboxylic acids is 2. The van der Waals surface area contributed by atoms with Crippen LogP contribution in [0.2, 0.25) is 5.02 Å². The van der Waals surface area contributed by atoms with Gasteiger partial charge in [0.25, 0.3) is 0 Å². The largest absolute Gasteiger partial charge is 0.394 e. The van der Waals surface area contributed by atoms with Gasteiger partial charge in [0.15, 0.2) is 0 Å². The van der Waals surface area contributed by atoms with E-state index in [2.05, 4.69) is 10.4 Å². The highest BCUT2D eigenvalue weighted by Crippen LogP contribution is 2.25. The first-order chi connectivity index (χ1) is 13.0. The SMILES string of the molecule is CC(=O)N1CCCC(C(=O)Nc2cc(-c3ccc(Cl)cc3)nn2CCO)C1. The van der Waals surface area contributed by atoms with Gasteiger partial charge in [-0.15, -0.1) is 0 Å². The van der Waals surface area contributed by atoms with Crippen molar-refractivity contribution in [2.24, 2.45) is 5.92 Å². The van der Waals surface area contributed by atoms with Gasteiger partial charge in [0.1, 0.15) is 5.82 Å². The number of aliphatic hydroxyl groups is 1. The number of anilines is 1. The Hall–Kier alpha value is -2.38. The summed E-state index contributed by atoms with van der Waals surface area (Å²) >= 11 is 5.93. The van der Waals surface area contributed by atoms with Gasteiger partial charge in [0.05, 0.1) is 24.8 Å². The van der Waals surface area contributed by atoms with Gasteiger partial charge in [0, 0.05) is 36.7 Å². The summed E-state index contributed by atoms with van der Waals surface area (Å²) in [6.07, 6.45) is 1.55. The third kappa shape index (κ3) is 4.67. The van der Waals surface area contributed by atoms with E-state index >= 15 is 0 Å². The molecule has 1 aliphatic rings. The molecule has 1 aliphatic heterocycles. The number of rotatable bonds is 5. The van der Waals surface area contributed by atoms with E-state index in [0.717, 1.165) is 18.4 Å². The van der Waals surface area contributed by atoms with Gasteiger partial charge in [-0.05, 0) is 25.0 Å². The molecule has 2 aromatic rings. The lowest BCUT2D eigenvalue weighted by atomic mass is 9.97. The van der Waals surface area contributed by atoms with E-state index in [1.807, 2.05) is 12.1 Å². The van der Waals surface area contributed by atoms with Crippen LogP contribution in [0.1, 0.15) is 19.8 Å². The van der Waals surface area contributed by atoms with Gasteiger partial charge in [-0.1, -0.05) is 23.7 Å². The molecule has 1 aromatic carbocycles. The van der Waals surface area contributed by atoms with Crippen LogP contribution in [0.3, 0.4) is 0 Å². The highest BCUT2D eigenvalue weighted by atomic mass is 35.5. The predicted octanol–water partition coefficient (Wildman–Crippen LogP) is 2.39. The summed E-state index contributed by atoms with van der Waals surface area (Å²) < 4.78 is 1.58. The quantitative estimate of drug-likeness (QED) is 0.820. The minimum absolute atomic E-state index is 0.0113. The maximum atomic E-state index is 12.7. The molecule has 1 atom stereocenters. The summed E-state index contributed by atoms with van der Waals surface area (Å²) in [4.78, 5) is 26.0. The average molecular weight is 391 g/mol. The molecule has 7 nitrogen and oxygen atoms in total. The molecule has 2 heterocycles. The Morgan fingerprint density at radius 2 is 2.07 bits per heavy atom. The molecule has 0 bridgehead atoms. The zero-order chi connectivity index (χ0) is 19.4. The Bertz CT molecular complexity index is 819. The normalized spacial score (nSPS) is 17.0. The fraction of sp³-hybridized carbons (Fsp3) is 0.421. The first-order valence-corrected chi connectivity index (χ1v) is 9.36. The lowest BCUT2D eigenvalue weighted by Gasteiger charge is -2.31. The molecule has 144 valence electrons. The van der Waals surface area contributed by atoms with E-state index in [-0.39, 0.29) is 30.9 Å². The Morgan fingerprint density at radius 3 is 2.74 bits per heavy atom. The van der Waals surface area contributed by atoms with E-state index in [4.69, 9.17) is 11.6 Å². The Kier molecular flexibility index (Phi) is 6.13. The van der Waals surface area contributed by atoms with Crippen LogP contribution in [0.25, 0.3) is 11.3 Å². The number of piperidine rings is 1. The zero-order valence-corrected chi connectivity index (χ0v) is 15.9. The van der Waals surface area contributed by atoms with Crippen LogP contribution >= 0.6 is 11.6 Å².